The van der Waals surface area contributed by atoms with Crippen molar-refractivity contribution in [2.45, 2.75) is 44.8 Å². The van der Waals surface area contributed by atoms with Crippen molar-refractivity contribution in [3.63, 3.8) is 0 Å². The van der Waals surface area contributed by atoms with Gasteiger partial charge in [0.1, 0.15) is 6.10 Å². The SMILES string of the molecule is CCOC1O[C@H](C)C[C@H](N(C)C)[C@H]1O. The molecule has 14 heavy (non-hydrogen) atoms. The average molecular weight is 203 g/mol. The molecule has 1 aliphatic rings. The second-order valence-electron chi connectivity index (χ2n) is 4.03. The molecule has 4 heteroatoms. The van der Waals surface area contributed by atoms with Gasteiger partial charge in [-0.1, -0.05) is 0 Å². The molecule has 0 amide bonds. The quantitative estimate of drug-likeness (QED) is 0.723. The van der Waals surface area contributed by atoms with Crippen molar-refractivity contribution in [3.05, 3.63) is 0 Å². The van der Waals surface area contributed by atoms with E-state index in [1.807, 2.05) is 32.8 Å². The molecule has 1 fully saturated rings. The van der Waals surface area contributed by atoms with E-state index in [9.17, 15) is 5.11 Å². The molecule has 0 bridgehead atoms. The summed E-state index contributed by atoms with van der Waals surface area (Å²) >= 11 is 0. The summed E-state index contributed by atoms with van der Waals surface area (Å²) in [6, 6.07) is 0.121. The van der Waals surface area contributed by atoms with Crippen molar-refractivity contribution >= 4 is 0 Å². The fourth-order valence-corrected chi connectivity index (χ4v) is 1.84. The summed E-state index contributed by atoms with van der Waals surface area (Å²) in [6.07, 6.45) is -0.0442. The van der Waals surface area contributed by atoms with Gasteiger partial charge in [-0.05, 0) is 34.4 Å². The van der Waals surface area contributed by atoms with E-state index in [0.29, 0.717) is 6.61 Å². The fourth-order valence-electron chi connectivity index (χ4n) is 1.84. The van der Waals surface area contributed by atoms with Gasteiger partial charge >= 0.3 is 0 Å². The van der Waals surface area contributed by atoms with Crippen LogP contribution in [-0.4, -0.2) is 55.2 Å². The fraction of sp³-hybridized carbons (Fsp3) is 1.00. The largest absolute Gasteiger partial charge is 0.386 e. The maximum Gasteiger partial charge on any atom is 0.185 e. The molecule has 1 unspecified atom stereocenters. The van der Waals surface area contributed by atoms with Crippen LogP contribution in [0.1, 0.15) is 20.3 Å². The van der Waals surface area contributed by atoms with Crippen LogP contribution in [0.15, 0.2) is 0 Å². The van der Waals surface area contributed by atoms with E-state index in [2.05, 4.69) is 0 Å². The Morgan fingerprint density at radius 1 is 1.50 bits per heavy atom. The zero-order valence-corrected chi connectivity index (χ0v) is 9.43. The minimum Gasteiger partial charge on any atom is -0.386 e. The molecule has 1 aliphatic heterocycles. The highest BCUT2D eigenvalue weighted by Gasteiger charge is 2.37. The summed E-state index contributed by atoms with van der Waals surface area (Å²) in [4.78, 5) is 2.02. The molecule has 0 spiro atoms. The van der Waals surface area contributed by atoms with Gasteiger partial charge < -0.3 is 19.5 Å². The smallest absolute Gasteiger partial charge is 0.185 e. The first-order chi connectivity index (χ1) is 6.56. The van der Waals surface area contributed by atoms with Crippen molar-refractivity contribution in [1.82, 2.24) is 4.90 Å². The van der Waals surface area contributed by atoms with E-state index < -0.39 is 12.4 Å². The van der Waals surface area contributed by atoms with E-state index in [1.54, 1.807) is 0 Å². The summed E-state index contributed by atoms with van der Waals surface area (Å²) in [5.74, 6) is 0. The molecule has 0 radical (unpaired) electrons. The van der Waals surface area contributed by atoms with Crippen molar-refractivity contribution in [2.24, 2.45) is 0 Å². The van der Waals surface area contributed by atoms with E-state index >= 15 is 0 Å². The second kappa shape index (κ2) is 5.07. The second-order valence-corrected chi connectivity index (χ2v) is 4.03. The Labute approximate surface area is 85.8 Å². The number of aliphatic hydroxyl groups is 1. The summed E-state index contributed by atoms with van der Waals surface area (Å²) in [5.41, 5.74) is 0. The lowest BCUT2D eigenvalue weighted by molar-refractivity contribution is -0.250. The van der Waals surface area contributed by atoms with Crippen LogP contribution < -0.4 is 0 Å². The Morgan fingerprint density at radius 3 is 2.64 bits per heavy atom. The number of aliphatic hydroxyl groups excluding tert-OH is 1. The first-order valence-corrected chi connectivity index (χ1v) is 5.17. The molecule has 1 heterocycles. The maximum absolute atomic E-state index is 9.96. The highest BCUT2D eigenvalue weighted by Crippen LogP contribution is 2.23. The van der Waals surface area contributed by atoms with Crippen molar-refractivity contribution < 1.29 is 14.6 Å². The molecule has 0 aliphatic carbocycles. The number of hydrogen-bond donors (Lipinski definition) is 1. The number of hydrogen-bond acceptors (Lipinski definition) is 4. The van der Waals surface area contributed by atoms with Gasteiger partial charge in [-0.15, -0.1) is 0 Å². The lowest BCUT2D eigenvalue weighted by Gasteiger charge is -2.40. The topological polar surface area (TPSA) is 41.9 Å². The predicted molar refractivity (Wildman–Crippen MR) is 54.1 cm³/mol. The summed E-state index contributed by atoms with van der Waals surface area (Å²) < 4.78 is 10.9. The molecule has 4 nitrogen and oxygen atoms in total. The number of nitrogens with zero attached hydrogens (tertiary/aromatic N) is 1. The Hall–Kier alpha value is -0.160. The first kappa shape index (κ1) is 11.9. The van der Waals surface area contributed by atoms with Crippen LogP contribution in [0.25, 0.3) is 0 Å². The van der Waals surface area contributed by atoms with E-state index in [1.165, 1.54) is 0 Å². The molecule has 0 aromatic rings. The van der Waals surface area contributed by atoms with Gasteiger partial charge in [0, 0.05) is 12.6 Å². The lowest BCUT2D eigenvalue weighted by Crippen LogP contribution is -2.54. The van der Waals surface area contributed by atoms with Crippen LogP contribution in [0, 0.1) is 0 Å². The van der Waals surface area contributed by atoms with Crippen LogP contribution in [0.2, 0.25) is 0 Å². The minimum absolute atomic E-state index is 0.121. The van der Waals surface area contributed by atoms with Gasteiger partial charge in [-0.2, -0.15) is 0 Å². The van der Waals surface area contributed by atoms with Gasteiger partial charge in [-0.3, -0.25) is 0 Å². The standard InChI is InChI=1S/C10H21NO3/c1-5-13-10-9(12)8(11(3)4)6-7(2)14-10/h7-10,12H,5-6H2,1-4H3/t7-,8+,9-,10?/m1/s1. The highest BCUT2D eigenvalue weighted by molar-refractivity contribution is 4.85. The molecule has 1 N–H and O–H groups in total. The molecule has 1 saturated heterocycles. The monoisotopic (exact) mass is 203 g/mol. The minimum atomic E-state index is -0.554. The third kappa shape index (κ3) is 2.67. The van der Waals surface area contributed by atoms with Gasteiger partial charge in [0.25, 0.3) is 0 Å². The van der Waals surface area contributed by atoms with E-state index in [0.717, 1.165) is 6.42 Å². The van der Waals surface area contributed by atoms with Gasteiger partial charge in [0.05, 0.1) is 6.10 Å². The third-order valence-corrected chi connectivity index (χ3v) is 2.61. The van der Waals surface area contributed by atoms with E-state index in [-0.39, 0.29) is 12.1 Å². The third-order valence-electron chi connectivity index (χ3n) is 2.61. The first-order valence-electron chi connectivity index (χ1n) is 5.17. The van der Waals surface area contributed by atoms with Crippen LogP contribution in [0.3, 0.4) is 0 Å². The maximum atomic E-state index is 9.96. The Balaban J connectivity index is 2.60. The Kier molecular flexibility index (Phi) is 4.31. The molecule has 0 aromatic heterocycles. The van der Waals surface area contributed by atoms with Crippen molar-refractivity contribution in [3.8, 4) is 0 Å². The van der Waals surface area contributed by atoms with E-state index in [4.69, 9.17) is 9.47 Å². The van der Waals surface area contributed by atoms with Crippen LogP contribution in [-0.2, 0) is 9.47 Å². The zero-order chi connectivity index (χ0) is 10.7. The predicted octanol–water partition coefficient (Wildman–Crippen LogP) is 0.449. The number of rotatable bonds is 3. The molecule has 1 rings (SSSR count). The summed E-state index contributed by atoms with van der Waals surface area (Å²) in [6.45, 7) is 4.48. The summed E-state index contributed by atoms with van der Waals surface area (Å²) in [5, 5.41) is 9.96. The zero-order valence-electron chi connectivity index (χ0n) is 9.43. The lowest BCUT2D eigenvalue weighted by atomic mass is 9.99. The highest BCUT2D eigenvalue weighted by atomic mass is 16.7. The molecular weight excluding hydrogens is 182 g/mol. The Morgan fingerprint density at radius 2 is 2.14 bits per heavy atom. The molecule has 0 aromatic carbocycles. The molecule has 4 atom stereocenters. The molecular formula is C10H21NO3. The normalized spacial score (nSPS) is 39.0. The van der Waals surface area contributed by atoms with Crippen LogP contribution in [0.5, 0.6) is 0 Å². The Bertz CT molecular complexity index is 175. The van der Waals surface area contributed by atoms with Gasteiger partial charge in [0.2, 0.25) is 0 Å². The molecule has 0 saturated carbocycles. The number of ether oxygens (including phenoxy) is 2. The van der Waals surface area contributed by atoms with Crippen LogP contribution in [0.4, 0.5) is 0 Å². The van der Waals surface area contributed by atoms with Crippen molar-refractivity contribution in [1.29, 1.82) is 0 Å². The summed E-state index contributed by atoms with van der Waals surface area (Å²) in [7, 11) is 3.93. The number of likely N-dealkylation sites (N-methyl/N-ethyl adjacent to an activating group) is 1. The molecule has 84 valence electrons. The van der Waals surface area contributed by atoms with Crippen LogP contribution >= 0.6 is 0 Å². The van der Waals surface area contributed by atoms with Gasteiger partial charge in [0.15, 0.2) is 6.29 Å². The average Bonchev–Trinajstić information content (AvgIpc) is 2.10. The van der Waals surface area contributed by atoms with Crippen molar-refractivity contribution in [2.75, 3.05) is 20.7 Å². The van der Waals surface area contributed by atoms with Gasteiger partial charge in [-0.25, -0.2) is 0 Å².